The molecule has 12 aromatic rings. The van der Waals surface area contributed by atoms with Crippen molar-refractivity contribution in [3.05, 3.63) is 295 Å². The van der Waals surface area contributed by atoms with Crippen LogP contribution in [-0.2, 0) is 5.41 Å². The molecular weight excluding hydrogens is 819 g/mol. The first-order valence-corrected chi connectivity index (χ1v) is 23.6. The number of nitrogens with zero attached hydrogens (tertiary/aromatic N) is 1. The Kier molecular flexibility index (Phi) is 9.47. The summed E-state index contributed by atoms with van der Waals surface area (Å²) < 4.78 is 0. The van der Waals surface area contributed by atoms with Crippen LogP contribution in [0.5, 0.6) is 0 Å². The predicted molar refractivity (Wildman–Crippen MR) is 287 cm³/mol. The van der Waals surface area contributed by atoms with E-state index >= 15 is 0 Å². The van der Waals surface area contributed by atoms with Crippen LogP contribution in [0.4, 0.5) is 17.1 Å². The highest BCUT2D eigenvalue weighted by Crippen LogP contribution is 2.59. The Balaban J connectivity index is 1.14. The Labute approximate surface area is 397 Å². The lowest BCUT2D eigenvalue weighted by molar-refractivity contribution is 0.768. The van der Waals surface area contributed by atoms with Gasteiger partial charge in [-0.15, -0.1) is 0 Å². The summed E-state index contributed by atoms with van der Waals surface area (Å²) in [5.74, 6) is 0. The van der Waals surface area contributed by atoms with Crippen molar-refractivity contribution in [2.75, 3.05) is 4.90 Å². The highest BCUT2D eigenvalue weighted by Gasteiger charge is 2.46. The monoisotopic (exact) mass is 863 g/mol. The van der Waals surface area contributed by atoms with E-state index in [1.165, 1.54) is 99.1 Å². The fraction of sp³-hybridized carbons (Fsp3) is 0.0149. The van der Waals surface area contributed by atoms with Crippen LogP contribution >= 0.6 is 0 Å². The molecule has 0 atom stereocenters. The second-order valence-electron chi connectivity index (χ2n) is 18.0. The van der Waals surface area contributed by atoms with Crippen molar-refractivity contribution in [3.8, 4) is 44.5 Å². The molecule has 0 bridgehead atoms. The van der Waals surface area contributed by atoms with Crippen LogP contribution < -0.4 is 4.90 Å². The van der Waals surface area contributed by atoms with Crippen LogP contribution in [0.1, 0.15) is 22.3 Å². The minimum Gasteiger partial charge on any atom is -0.309 e. The summed E-state index contributed by atoms with van der Waals surface area (Å²) in [7, 11) is 0. The summed E-state index contributed by atoms with van der Waals surface area (Å²) in [6.45, 7) is 0. The zero-order chi connectivity index (χ0) is 45.0. The summed E-state index contributed by atoms with van der Waals surface area (Å²) in [5, 5.41) is 7.30. The van der Waals surface area contributed by atoms with Crippen molar-refractivity contribution >= 4 is 49.4 Å². The van der Waals surface area contributed by atoms with Crippen molar-refractivity contribution in [2.45, 2.75) is 5.41 Å². The quantitative estimate of drug-likeness (QED) is 0.138. The van der Waals surface area contributed by atoms with E-state index in [9.17, 15) is 0 Å². The largest absolute Gasteiger partial charge is 0.309 e. The number of rotatable bonds is 8. The molecule has 1 heteroatoms. The van der Waals surface area contributed by atoms with Gasteiger partial charge in [0, 0.05) is 22.3 Å². The van der Waals surface area contributed by atoms with E-state index in [2.05, 4.69) is 278 Å². The van der Waals surface area contributed by atoms with Crippen LogP contribution in [0.15, 0.2) is 273 Å². The first-order valence-electron chi connectivity index (χ1n) is 23.6. The molecule has 0 aliphatic heterocycles. The normalized spacial score (nSPS) is 12.5. The average molecular weight is 864 g/mol. The molecule has 0 unspecified atom stereocenters. The minimum absolute atomic E-state index is 0.622. The molecule has 0 N–H and O–H groups in total. The maximum absolute atomic E-state index is 2.55. The summed E-state index contributed by atoms with van der Waals surface area (Å²) in [5.41, 5.74) is 17.4. The smallest absolute Gasteiger partial charge is 0.0714 e. The maximum atomic E-state index is 2.55. The molecule has 13 rings (SSSR count). The van der Waals surface area contributed by atoms with Crippen molar-refractivity contribution in [2.24, 2.45) is 0 Å². The lowest BCUT2D eigenvalue weighted by Gasteiger charge is -2.35. The van der Waals surface area contributed by atoms with Crippen LogP contribution in [-0.4, -0.2) is 0 Å². The molecule has 0 saturated heterocycles. The SMILES string of the molecule is c1ccc(-c2ccc(N(c3ccc4c(c3)C(c3ccccc3)(c3ccccc3)c3cc(-c5ccccc5)ccc3-4)c3c(-c4ccc5ccccc5c4)c4ccccc4c4ccccc34)cc2)cc1. The Morgan fingerprint density at radius 2 is 0.706 bits per heavy atom. The van der Waals surface area contributed by atoms with Gasteiger partial charge in [-0.2, -0.15) is 0 Å². The third-order valence-corrected chi connectivity index (χ3v) is 14.3. The minimum atomic E-state index is -0.622. The molecule has 0 saturated carbocycles. The average Bonchev–Trinajstić information content (AvgIpc) is 3.71. The number of anilines is 3. The molecule has 68 heavy (non-hydrogen) atoms. The molecule has 1 nitrogen and oxygen atoms in total. The summed E-state index contributed by atoms with van der Waals surface area (Å²) in [6, 6.07) is 101. The van der Waals surface area contributed by atoms with Gasteiger partial charge in [0.25, 0.3) is 0 Å². The highest BCUT2D eigenvalue weighted by atomic mass is 15.1. The van der Waals surface area contributed by atoms with Crippen molar-refractivity contribution in [1.82, 2.24) is 0 Å². The van der Waals surface area contributed by atoms with Crippen LogP contribution in [0.25, 0.3) is 76.8 Å². The zero-order valence-corrected chi connectivity index (χ0v) is 37.4. The first-order chi connectivity index (χ1) is 33.7. The Hall–Kier alpha value is -8.78. The molecule has 0 amide bonds. The van der Waals surface area contributed by atoms with E-state index in [1.54, 1.807) is 0 Å². The van der Waals surface area contributed by atoms with Crippen molar-refractivity contribution < 1.29 is 0 Å². The van der Waals surface area contributed by atoms with E-state index in [0.29, 0.717) is 0 Å². The molecule has 318 valence electrons. The van der Waals surface area contributed by atoms with Crippen LogP contribution in [0.3, 0.4) is 0 Å². The van der Waals surface area contributed by atoms with Gasteiger partial charge in [0.15, 0.2) is 0 Å². The van der Waals surface area contributed by atoms with E-state index in [0.717, 1.165) is 17.1 Å². The van der Waals surface area contributed by atoms with Crippen molar-refractivity contribution in [3.63, 3.8) is 0 Å². The zero-order valence-electron chi connectivity index (χ0n) is 37.4. The van der Waals surface area contributed by atoms with E-state index < -0.39 is 5.41 Å². The number of benzene rings is 12. The molecular formula is C67H45N. The van der Waals surface area contributed by atoms with E-state index in [4.69, 9.17) is 0 Å². The van der Waals surface area contributed by atoms with Gasteiger partial charge < -0.3 is 4.90 Å². The number of hydrogen-bond acceptors (Lipinski definition) is 1. The van der Waals surface area contributed by atoms with Gasteiger partial charge in [0.1, 0.15) is 0 Å². The third-order valence-electron chi connectivity index (χ3n) is 14.3. The number of fused-ring (bicyclic) bond motifs is 7. The van der Waals surface area contributed by atoms with E-state index in [-0.39, 0.29) is 0 Å². The maximum Gasteiger partial charge on any atom is 0.0714 e. The number of hydrogen-bond donors (Lipinski definition) is 0. The van der Waals surface area contributed by atoms with Crippen LogP contribution in [0, 0.1) is 0 Å². The fourth-order valence-electron chi connectivity index (χ4n) is 11.3. The topological polar surface area (TPSA) is 3.24 Å². The second-order valence-corrected chi connectivity index (χ2v) is 18.0. The summed E-state index contributed by atoms with van der Waals surface area (Å²) in [4.78, 5) is 2.55. The molecule has 0 radical (unpaired) electrons. The summed E-state index contributed by atoms with van der Waals surface area (Å²) >= 11 is 0. The first kappa shape index (κ1) is 39.6. The Bertz CT molecular complexity index is 3780. The molecule has 12 aromatic carbocycles. The Morgan fingerprint density at radius 3 is 1.35 bits per heavy atom. The second kappa shape index (κ2) is 16.3. The van der Waals surface area contributed by atoms with Gasteiger partial charge in [-0.1, -0.05) is 237 Å². The summed E-state index contributed by atoms with van der Waals surface area (Å²) in [6.07, 6.45) is 0. The lowest BCUT2D eigenvalue weighted by Crippen LogP contribution is -2.29. The van der Waals surface area contributed by atoms with Gasteiger partial charge in [0.2, 0.25) is 0 Å². The molecule has 1 aliphatic carbocycles. The highest BCUT2D eigenvalue weighted by molar-refractivity contribution is 6.23. The molecule has 0 heterocycles. The molecule has 0 spiro atoms. The van der Waals surface area contributed by atoms with Gasteiger partial charge in [-0.3, -0.25) is 0 Å². The van der Waals surface area contributed by atoms with Gasteiger partial charge >= 0.3 is 0 Å². The Morgan fingerprint density at radius 1 is 0.265 bits per heavy atom. The van der Waals surface area contributed by atoms with E-state index in [1.807, 2.05) is 0 Å². The molecule has 1 aliphatic rings. The van der Waals surface area contributed by atoms with Gasteiger partial charge in [-0.25, -0.2) is 0 Å². The van der Waals surface area contributed by atoms with Crippen LogP contribution in [0.2, 0.25) is 0 Å². The third kappa shape index (κ3) is 6.32. The standard InChI is InChI=1S/C67H45N/c1-5-19-46(20-6-1)49-35-38-55(39-36-49)68(66-62-32-18-16-30-58(62)57-29-15-17-31-61(57)65(66)52-34-33-48-23-13-14-24-50(48)43-52)56-40-42-60-59-41-37-51(47-21-7-2-8-22-47)44-63(59)67(64(60)45-56,53-25-9-3-10-26-53)54-27-11-4-12-28-54/h1-45H. The lowest BCUT2D eigenvalue weighted by atomic mass is 9.67. The molecule has 0 fully saturated rings. The molecule has 0 aromatic heterocycles. The van der Waals surface area contributed by atoms with Crippen molar-refractivity contribution in [1.29, 1.82) is 0 Å². The van der Waals surface area contributed by atoms with Gasteiger partial charge in [-0.05, 0) is 125 Å². The van der Waals surface area contributed by atoms with Gasteiger partial charge in [0.05, 0.1) is 11.1 Å². The predicted octanol–water partition coefficient (Wildman–Crippen LogP) is 18.0. The fourth-order valence-corrected chi connectivity index (χ4v) is 11.3.